The smallest absolute Gasteiger partial charge is 0.166 e. The first kappa shape index (κ1) is 19.5. The van der Waals surface area contributed by atoms with Crippen molar-refractivity contribution in [2.45, 2.75) is 52.2 Å². The van der Waals surface area contributed by atoms with E-state index < -0.39 is 0 Å². The molecule has 3 nitrogen and oxygen atoms in total. The molecule has 0 radical (unpaired) electrons. The van der Waals surface area contributed by atoms with Crippen molar-refractivity contribution in [1.29, 1.82) is 0 Å². The first-order valence-corrected chi connectivity index (χ1v) is 10.2. The van der Waals surface area contributed by atoms with Gasteiger partial charge in [-0.15, -0.1) is 0 Å². The Hall–Kier alpha value is -2.26. The second kappa shape index (κ2) is 10.8. The first-order valence-electron chi connectivity index (χ1n) is 10.2. The van der Waals surface area contributed by atoms with Crippen molar-refractivity contribution in [2.24, 2.45) is 0 Å². The molecule has 1 N–H and O–H groups in total. The van der Waals surface area contributed by atoms with Gasteiger partial charge in [0.2, 0.25) is 0 Å². The Morgan fingerprint density at radius 1 is 0.963 bits per heavy atom. The van der Waals surface area contributed by atoms with Crippen LogP contribution in [0.5, 0.6) is 11.5 Å². The summed E-state index contributed by atoms with van der Waals surface area (Å²) < 4.78 is 12.0. The summed E-state index contributed by atoms with van der Waals surface area (Å²) in [6.07, 6.45) is 8.79. The van der Waals surface area contributed by atoms with Gasteiger partial charge in [-0.3, -0.25) is 0 Å². The molecule has 0 amide bonds. The number of para-hydroxylation sites is 1. The van der Waals surface area contributed by atoms with Crippen molar-refractivity contribution in [1.82, 2.24) is 5.32 Å². The maximum atomic E-state index is 6.18. The average Bonchev–Trinajstić information content (AvgIpc) is 2.72. The molecule has 2 aromatic carbocycles. The molecule has 0 fully saturated rings. The molecule has 1 aliphatic carbocycles. The van der Waals surface area contributed by atoms with Crippen LogP contribution < -0.4 is 14.8 Å². The third-order valence-corrected chi connectivity index (χ3v) is 4.91. The lowest BCUT2D eigenvalue weighted by Gasteiger charge is -2.17. The van der Waals surface area contributed by atoms with E-state index in [2.05, 4.69) is 29.6 Å². The minimum Gasteiger partial charge on any atom is -0.490 e. The molecule has 3 rings (SSSR count). The molecule has 27 heavy (non-hydrogen) atoms. The maximum absolute atomic E-state index is 6.18. The van der Waals surface area contributed by atoms with Crippen molar-refractivity contribution in [3.05, 3.63) is 71.3 Å². The number of nitrogens with one attached hydrogen (secondary N) is 1. The molecule has 0 saturated heterocycles. The molecule has 3 heteroatoms. The molecule has 0 atom stereocenters. The van der Waals surface area contributed by atoms with E-state index >= 15 is 0 Å². The number of rotatable bonds is 10. The standard InChI is InChI=1S/C24H31NO2/c1-2-26-23-15-9-14-22(18-25-17-16-20-10-5-3-6-11-20)24(23)27-19-21-12-7-4-8-13-21/h4,7-10,12-15,25H,2-3,5-6,11,16-19H2,1H3. The van der Waals surface area contributed by atoms with Gasteiger partial charge in [-0.2, -0.15) is 0 Å². The van der Waals surface area contributed by atoms with Gasteiger partial charge in [0.15, 0.2) is 11.5 Å². The minimum absolute atomic E-state index is 0.546. The van der Waals surface area contributed by atoms with Crippen LogP contribution in [0.3, 0.4) is 0 Å². The van der Waals surface area contributed by atoms with Crippen LogP contribution in [0.2, 0.25) is 0 Å². The molecule has 0 heterocycles. The van der Waals surface area contributed by atoms with Crippen LogP contribution in [0.15, 0.2) is 60.2 Å². The van der Waals surface area contributed by atoms with E-state index in [0.29, 0.717) is 13.2 Å². The van der Waals surface area contributed by atoms with Crippen molar-refractivity contribution in [2.75, 3.05) is 13.2 Å². The predicted octanol–water partition coefficient (Wildman–Crippen LogP) is 5.64. The molecule has 0 aliphatic heterocycles. The van der Waals surface area contributed by atoms with E-state index in [4.69, 9.17) is 9.47 Å². The highest BCUT2D eigenvalue weighted by Gasteiger charge is 2.11. The van der Waals surface area contributed by atoms with Crippen molar-refractivity contribution in [3.63, 3.8) is 0 Å². The third kappa shape index (κ3) is 6.14. The Labute approximate surface area is 163 Å². The summed E-state index contributed by atoms with van der Waals surface area (Å²) in [4.78, 5) is 0. The molecule has 1 aliphatic rings. The molecule has 0 saturated carbocycles. The monoisotopic (exact) mass is 365 g/mol. The summed E-state index contributed by atoms with van der Waals surface area (Å²) in [5.74, 6) is 1.68. The average molecular weight is 366 g/mol. The van der Waals surface area contributed by atoms with E-state index in [9.17, 15) is 0 Å². The molecule has 144 valence electrons. The van der Waals surface area contributed by atoms with Crippen LogP contribution in [-0.2, 0) is 13.2 Å². The SMILES string of the molecule is CCOc1cccc(CNCCC2=CCCCC2)c1OCc1ccccc1. The van der Waals surface area contributed by atoms with Crippen molar-refractivity contribution >= 4 is 0 Å². The van der Waals surface area contributed by atoms with E-state index in [1.54, 1.807) is 5.57 Å². The van der Waals surface area contributed by atoms with Gasteiger partial charge >= 0.3 is 0 Å². The summed E-state index contributed by atoms with van der Waals surface area (Å²) in [5.41, 5.74) is 3.92. The fraction of sp³-hybridized carbons (Fsp3) is 0.417. The Morgan fingerprint density at radius 3 is 2.63 bits per heavy atom. The lowest BCUT2D eigenvalue weighted by atomic mass is 9.97. The van der Waals surface area contributed by atoms with E-state index in [1.807, 2.05) is 37.3 Å². The predicted molar refractivity (Wildman–Crippen MR) is 111 cm³/mol. The molecule has 0 unspecified atom stereocenters. The lowest BCUT2D eigenvalue weighted by Crippen LogP contribution is -2.16. The zero-order valence-electron chi connectivity index (χ0n) is 16.4. The number of benzene rings is 2. The number of allylic oxidation sites excluding steroid dienone is 1. The highest BCUT2D eigenvalue weighted by Crippen LogP contribution is 2.32. The van der Waals surface area contributed by atoms with Gasteiger partial charge < -0.3 is 14.8 Å². The van der Waals surface area contributed by atoms with Gasteiger partial charge in [-0.25, -0.2) is 0 Å². The number of hydrogen-bond acceptors (Lipinski definition) is 3. The van der Waals surface area contributed by atoms with Crippen LogP contribution >= 0.6 is 0 Å². The van der Waals surface area contributed by atoms with Gasteiger partial charge in [0, 0.05) is 12.1 Å². The fourth-order valence-corrected chi connectivity index (χ4v) is 3.47. The molecule has 0 aromatic heterocycles. The zero-order valence-corrected chi connectivity index (χ0v) is 16.4. The fourth-order valence-electron chi connectivity index (χ4n) is 3.47. The lowest BCUT2D eigenvalue weighted by molar-refractivity contribution is 0.266. The third-order valence-electron chi connectivity index (χ3n) is 4.91. The van der Waals surface area contributed by atoms with E-state index in [-0.39, 0.29) is 0 Å². The van der Waals surface area contributed by atoms with E-state index in [1.165, 1.54) is 25.7 Å². The van der Waals surface area contributed by atoms with Crippen molar-refractivity contribution in [3.8, 4) is 11.5 Å². The van der Waals surface area contributed by atoms with Gasteiger partial charge in [-0.05, 0) is 57.2 Å². The second-order valence-corrected chi connectivity index (χ2v) is 6.99. The van der Waals surface area contributed by atoms with Crippen molar-refractivity contribution < 1.29 is 9.47 Å². The molecular formula is C24H31NO2. The summed E-state index contributed by atoms with van der Waals surface area (Å²) in [5, 5.41) is 3.58. The van der Waals surface area contributed by atoms with Crippen LogP contribution in [0, 0.1) is 0 Å². The Morgan fingerprint density at radius 2 is 1.85 bits per heavy atom. The largest absolute Gasteiger partial charge is 0.490 e. The van der Waals surface area contributed by atoms with Crippen LogP contribution in [-0.4, -0.2) is 13.2 Å². The Kier molecular flexibility index (Phi) is 7.79. The van der Waals surface area contributed by atoms with E-state index in [0.717, 1.165) is 42.1 Å². The summed E-state index contributed by atoms with van der Waals surface area (Å²) in [6.45, 7) is 4.97. The first-order chi connectivity index (χ1) is 13.4. The summed E-state index contributed by atoms with van der Waals surface area (Å²) >= 11 is 0. The normalized spacial score (nSPS) is 13.9. The minimum atomic E-state index is 0.546. The Bertz CT molecular complexity index is 724. The van der Waals surface area contributed by atoms with Gasteiger partial charge in [0.25, 0.3) is 0 Å². The van der Waals surface area contributed by atoms with Crippen LogP contribution in [0.1, 0.15) is 50.2 Å². The highest BCUT2D eigenvalue weighted by molar-refractivity contribution is 5.46. The molecule has 0 spiro atoms. The molecule has 2 aromatic rings. The van der Waals surface area contributed by atoms with Crippen LogP contribution in [0.4, 0.5) is 0 Å². The summed E-state index contributed by atoms with van der Waals surface area (Å²) in [7, 11) is 0. The molecular weight excluding hydrogens is 334 g/mol. The number of hydrogen-bond donors (Lipinski definition) is 1. The van der Waals surface area contributed by atoms with Crippen LogP contribution in [0.25, 0.3) is 0 Å². The highest BCUT2D eigenvalue weighted by atomic mass is 16.5. The van der Waals surface area contributed by atoms with Gasteiger partial charge in [0.05, 0.1) is 6.61 Å². The van der Waals surface area contributed by atoms with Gasteiger partial charge in [-0.1, -0.05) is 54.1 Å². The number of ether oxygens (including phenoxy) is 2. The topological polar surface area (TPSA) is 30.5 Å². The Balaban J connectivity index is 1.60. The quantitative estimate of drug-likeness (QED) is 0.436. The molecule has 0 bridgehead atoms. The zero-order chi connectivity index (χ0) is 18.7. The summed E-state index contributed by atoms with van der Waals surface area (Å²) in [6, 6.07) is 16.4. The second-order valence-electron chi connectivity index (χ2n) is 6.99. The maximum Gasteiger partial charge on any atom is 0.166 e. The van der Waals surface area contributed by atoms with Gasteiger partial charge in [0.1, 0.15) is 6.61 Å².